The molecule has 19 heavy (non-hydrogen) atoms. The minimum Gasteiger partial charge on any atom is -0.326 e. The number of aryl methyl sites for hydroxylation is 1. The van der Waals surface area contributed by atoms with E-state index in [1.807, 2.05) is 36.5 Å². The van der Waals surface area contributed by atoms with E-state index >= 15 is 0 Å². The monoisotopic (exact) mass is 252 g/mol. The third kappa shape index (κ3) is 2.00. The quantitative estimate of drug-likeness (QED) is 0.779. The molecular weight excluding hydrogens is 236 g/mol. The van der Waals surface area contributed by atoms with Gasteiger partial charge in [-0.1, -0.05) is 18.2 Å². The Balaban J connectivity index is 2.17. The molecule has 0 amide bonds. The molecule has 0 fully saturated rings. The van der Waals surface area contributed by atoms with Crippen LogP contribution in [0.4, 0.5) is 0 Å². The molecule has 2 heterocycles. The molecule has 96 valence electrons. The molecule has 0 radical (unpaired) electrons. The van der Waals surface area contributed by atoms with Gasteiger partial charge >= 0.3 is 0 Å². The second-order valence-corrected chi connectivity index (χ2v) is 4.42. The molecule has 0 bridgehead atoms. The Morgan fingerprint density at radius 1 is 1.16 bits per heavy atom. The number of rotatable bonds is 3. The summed E-state index contributed by atoms with van der Waals surface area (Å²) in [5, 5.41) is 0. The molecule has 2 N–H and O–H groups in total. The molecule has 2 aromatic heterocycles. The summed E-state index contributed by atoms with van der Waals surface area (Å²) >= 11 is 0. The van der Waals surface area contributed by atoms with Crippen LogP contribution in [0.1, 0.15) is 12.5 Å². The maximum atomic E-state index is 5.60. The number of imidazole rings is 1. The van der Waals surface area contributed by atoms with Crippen LogP contribution in [0, 0.1) is 0 Å². The summed E-state index contributed by atoms with van der Waals surface area (Å²) in [7, 11) is 0. The standard InChI is InChI=1S/C15H16N4/c1-2-19-14-6-4-3-5-12(14)18-15(19)13-8-7-11(9-16)10-17-13/h3-8,10H,2,9,16H2,1H3. The maximum Gasteiger partial charge on any atom is 0.159 e. The van der Waals surface area contributed by atoms with E-state index in [9.17, 15) is 0 Å². The molecule has 0 saturated carbocycles. The SMILES string of the molecule is CCn1c(-c2ccc(CN)cn2)nc2ccccc21. The van der Waals surface area contributed by atoms with Gasteiger partial charge in [0.05, 0.1) is 11.0 Å². The zero-order valence-corrected chi connectivity index (χ0v) is 10.9. The van der Waals surface area contributed by atoms with Crippen molar-refractivity contribution >= 4 is 11.0 Å². The van der Waals surface area contributed by atoms with Gasteiger partial charge in [0.25, 0.3) is 0 Å². The molecule has 3 aromatic rings. The number of benzene rings is 1. The Bertz CT molecular complexity index is 698. The Kier molecular flexibility index (Phi) is 3.01. The van der Waals surface area contributed by atoms with Gasteiger partial charge < -0.3 is 10.3 Å². The second kappa shape index (κ2) is 4.82. The second-order valence-electron chi connectivity index (χ2n) is 4.42. The molecule has 0 atom stereocenters. The maximum absolute atomic E-state index is 5.60. The van der Waals surface area contributed by atoms with E-state index in [-0.39, 0.29) is 0 Å². The lowest BCUT2D eigenvalue weighted by Gasteiger charge is -2.05. The lowest BCUT2D eigenvalue weighted by molar-refractivity contribution is 0.793. The zero-order chi connectivity index (χ0) is 13.2. The van der Waals surface area contributed by atoms with Crippen LogP contribution in [-0.2, 0) is 13.1 Å². The predicted molar refractivity (Wildman–Crippen MR) is 76.5 cm³/mol. The molecule has 0 spiro atoms. The first-order chi connectivity index (χ1) is 9.33. The summed E-state index contributed by atoms with van der Waals surface area (Å²) in [4.78, 5) is 9.14. The van der Waals surface area contributed by atoms with E-state index in [1.54, 1.807) is 0 Å². The normalized spacial score (nSPS) is 11.1. The summed E-state index contributed by atoms with van der Waals surface area (Å²) in [6.07, 6.45) is 1.81. The molecule has 4 heteroatoms. The number of hydrogen-bond acceptors (Lipinski definition) is 3. The summed E-state index contributed by atoms with van der Waals surface area (Å²) in [5.41, 5.74) is 9.66. The van der Waals surface area contributed by atoms with Crippen molar-refractivity contribution in [3.8, 4) is 11.5 Å². The summed E-state index contributed by atoms with van der Waals surface area (Å²) in [6, 6.07) is 12.1. The number of nitrogens with two attached hydrogens (primary N) is 1. The number of aromatic nitrogens is 3. The van der Waals surface area contributed by atoms with Crippen LogP contribution < -0.4 is 5.73 Å². The molecule has 0 aliphatic carbocycles. The number of pyridine rings is 1. The summed E-state index contributed by atoms with van der Waals surface area (Å²) < 4.78 is 2.18. The first-order valence-corrected chi connectivity index (χ1v) is 6.44. The van der Waals surface area contributed by atoms with Crippen LogP contribution in [0.15, 0.2) is 42.6 Å². The Morgan fingerprint density at radius 3 is 2.68 bits per heavy atom. The van der Waals surface area contributed by atoms with E-state index in [0.29, 0.717) is 6.54 Å². The number of nitrogens with zero attached hydrogens (tertiary/aromatic N) is 3. The van der Waals surface area contributed by atoms with Crippen molar-refractivity contribution in [3.05, 3.63) is 48.2 Å². The van der Waals surface area contributed by atoms with Crippen LogP contribution in [0.2, 0.25) is 0 Å². The Hall–Kier alpha value is -2.20. The largest absolute Gasteiger partial charge is 0.326 e. The lowest BCUT2D eigenvalue weighted by Crippen LogP contribution is -2.01. The molecule has 0 unspecified atom stereocenters. The summed E-state index contributed by atoms with van der Waals surface area (Å²) in [6.45, 7) is 3.50. The van der Waals surface area contributed by atoms with Crippen molar-refractivity contribution in [2.75, 3.05) is 0 Å². The van der Waals surface area contributed by atoms with Crippen molar-refractivity contribution in [1.82, 2.24) is 14.5 Å². The van der Waals surface area contributed by atoms with Crippen molar-refractivity contribution in [2.24, 2.45) is 5.73 Å². The topological polar surface area (TPSA) is 56.7 Å². The molecule has 0 aliphatic heterocycles. The fourth-order valence-electron chi connectivity index (χ4n) is 2.27. The zero-order valence-electron chi connectivity index (χ0n) is 10.9. The Morgan fingerprint density at radius 2 is 2.00 bits per heavy atom. The fraction of sp³-hybridized carbons (Fsp3) is 0.200. The third-order valence-corrected chi connectivity index (χ3v) is 3.26. The highest BCUT2D eigenvalue weighted by molar-refractivity contribution is 5.79. The van der Waals surface area contributed by atoms with Gasteiger partial charge in [0.1, 0.15) is 5.69 Å². The van der Waals surface area contributed by atoms with E-state index in [4.69, 9.17) is 5.73 Å². The van der Waals surface area contributed by atoms with Gasteiger partial charge in [-0.05, 0) is 30.7 Å². The van der Waals surface area contributed by atoms with Crippen molar-refractivity contribution in [1.29, 1.82) is 0 Å². The van der Waals surface area contributed by atoms with E-state index in [0.717, 1.165) is 34.7 Å². The number of hydrogen-bond donors (Lipinski definition) is 1. The highest BCUT2D eigenvalue weighted by Gasteiger charge is 2.11. The third-order valence-electron chi connectivity index (χ3n) is 3.26. The lowest BCUT2D eigenvalue weighted by atomic mass is 10.2. The van der Waals surface area contributed by atoms with Crippen LogP contribution in [0.25, 0.3) is 22.6 Å². The van der Waals surface area contributed by atoms with Crippen LogP contribution in [0.5, 0.6) is 0 Å². The first kappa shape index (κ1) is 11.9. The first-order valence-electron chi connectivity index (χ1n) is 6.44. The van der Waals surface area contributed by atoms with Crippen LogP contribution in [0.3, 0.4) is 0 Å². The molecular formula is C15H16N4. The van der Waals surface area contributed by atoms with Gasteiger partial charge in [0.15, 0.2) is 5.82 Å². The van der Waals surface area contributed by atoms with E-state index in [2.05, 4.69) is 27.5 Å². The van der Waals surface area contributed by atoms with Crippen molar-refractivity contribution < 1.29 is 0 Å². The smallest absolute Gasteiger partial charge is 0.159 e. The van der Waals surface area contributed by atoms with Crippen molar-refractivity contribution in [2.45, 2.75) is 20.0 Å². The van der Waals surface area contributed by atoms with Crippen molar-refractivity contribution in [3.63, 3.8) is 0 Å². The number of para-hydroxylation sites is 2. The molecule has 4 nitrogen and oxygen atoms in total. The molecule has 1 aromatic carbocycles. The Labute approximate surface area is 111 Å². The predicted octanol–water partition coefficient (Wildman–Crippen LogP) is 2.58. The van der Waals surface area contributed by atoms with Gasteiger partial charge in [-0.2, -0.15) is 0 Å². The van der Waals surface area contributed by atoms with E-state index in [1.165, 1.54) is 0 Å². The minimum absolute atomic E-state index is 0.511. The average molecular weight is 252 g/mol. The van der Waals surface area contributed by atoms with Gasteiger partial charge in [0, 0.05) is 19.3 Å². The highest BCUT2D eigenvalue weighted by Crippen LogP contribution is 2.23. The molecule has 0 saturated heterocycles. The minimum atomic E-state index is 0.511. The molecule has 3 rings (SSSR count). The number of fused-ring (bicyclic) bond motifs is 1. The fourth-order valence-corrected chi connectivity index (χ4v) is 2.27. The highest BCUT2D eigenvalue weighted by atomic mass is 15.1. The summed E-state index contributed by atoms with van der Waals surface area (Å²) in [5.74, 6) is 0.910. The van der Waals surface area contributed by atoms with Crippen LogP contribution >= 0.6 is 0 Å². The average Bonchev–Trinajstić information content (AvgIpc) is 2.85. The van der Waals surface area contributed by atoms with Gasteiger partial charge in [-0.25, -0.2) is 4.98 Å². The van der Waals surface area contributed by atoms with Crippen LogP contribution in [-0.4, -0.2) is 14.5 Å². The van der Waals surface area contributed by atoms with Gasteiger partial charge in [-0.15, -0.1) is 0 Å². The van der Waals surface area contributed by atoms with E-state index < -0.39 is 0 Å². The molecule has 0 aliphatic rings. The van der Waals surface area contributed by atoms with Gasteiger partial charge in [-0.3, -0.25) is 4.98 Å². The van der Waals surface area contributed by atoms with Gasteiger partial charge in [0.2, 0.25) is 0 Å².